The van der Waals surface area contributed by atoms with Gasteiger partial charge >= 0.3 is 0 Å². The van der Waals surface area contributed by atoms with E-state index in [-0.39, 0.29) is 0 Å². The van der Waals surface area contributed by atoms with E-state index in [1.807, 2.05) is 0 Å². The van der Waals surface area contributed by atoms with Crippen LogP contribution >= 0.6 is 0 Å². The Labute approximate surface area is 70.4 Å². The Morgan fingerprint density at radius 2 is 1.00 bits per heavy atom. The van der Waals surface area contributed by atoms with Crippen molar-refractivity contribution in [2.75, 3.05) is 0 Å². The largest absolute Gasteiger partial charge is 0.120 e. The normalized spacial score (nSPS) is 8.55. The quantitative estimate of drug-likeness (QED) is 0.401. The summed E-state index contributed by atoms with van der Waals surface area (Å²) in [7, 11) is 0. The van der Waals surface area contributed by atoms with E-state index in [1.54, 1.807) is 0 Å². The predicted molar refractivity (Wildman–Crippen MR) is 50.0 cm³/mol. The second-order valence-electron chi connectivity index (χ2n) is 2.68. The second-order valence-corrected chi connectivity index (χ2v) is 2.68. The molecule has 0 rings (SSSR count). The van der Waals surface area contributed by atoms with Crippen LogP contribution in [-0.4, -0.2) is 0 Å². The molecule has 60 valence electrons. The Morgan fingerprint density at radius 3 is 1.36 bits per heavy atom. The lowest BCUT2D eigenvalue weighted by molar-refractivity contribution is 0.628. The van der Waals surface area contributed by atoms with Gasteiger partial charge in [-0.15, -0.1) is 24.7 Å². The molecule has 0 unspecified atom stereocenters. The van der Waals surface area contributed by atoms with Crippen LogP contribution in [0.1, 0.15) is 44.9 Å². The van der Waals surface area contributed by atoms with E-state index in [4.69, 9.17) is 12.8 Å². The SMILES string of the molecule is C#CCCCCCCCC#C. The van der Waals surface area contributed by atoms with Gasteiger partial charge in [-0.2, -0.15) is 0 Å². The lowest BCUT2D eigenvalue weighted by Gasteiger charge is -1.95. The van der Waals surface area contributed by atoms with E-state index >= 15 is 0 Å². The lowest BCUT2D eigenvalue weighted by Crippen LogP contribution is -1.77. The van der Waals surface area contributed by atoms with E-state index in [1.165, 1.54) is 32.1 Å². The molecule has 0 aromatic heterocycles. The van der Waals surface area contributed by atoms with E-state index < -0.39 is 0 Å². The van der Waals surface area contributed by atoms with Gasteiger partial charge in [0.05, 0.1) is 0 Å². The van der Waals surface area contributed by atoms with Gasteiger partial charge in [-0.1, -0.05) is 19.3 Å². The molecule has 11 heavy (non-hydrogen) atoms. The summed E-state index contributed by atoms with van der Waals surface area (Å²) in [6, 6.07) is 0. The van der Waals surface area contributed by atoms with Gasteiger partial charge in [0.2, 0.25) is 0 Å². The molecule has 0 N–H and O–H groups in total. The molecule has 0 aliphatic carbocycles. The monoisotopic (exact) mass is 148 g/mol. The first-order valence-electron chi connectivity index (χ1n) is 4.28. The van der Waals surface area contributed by atoms with Crippen LogP contribution in [0.5, 0.6) is 0 Å². The molecule has 0 saturated carbocycles. The number of rotatable bonds is 6. The van der Waals surface area contributed by atoms with Crippen LogP contribution in [-0.2, 0) is 0 Å². The summed E-state index contributed by atoms with van der Waals surface area (Å²) in [5.74, 6) is 5.27. The molecule has 0 aromatic carbocycles. The molecule has 0 atom stereocenters. The van der Waals surface area contributed by atoms with Crippen molar-refractivity contribution < 1.29 is 0 Å². The van der Waals surface area contributed by atoms with Crippen LogP contribution in [0, 0.1) is 24.7 Å². The summed E-state index contributed by atoms with van der Waals surface area (Å²) >= 11 is 0. The molecular weight excluding hydrogens is 132 g/mol. The van der Waals surface area contributed by atoms with Crippen molar-refractivity contribution in [3.05, 3.63) is 0 Å². The fraction of sp³-hybridized carbons (Fsp3) is 0.636. The fourth-order valence-electron chi connectivity index (χ4n) is 0.984. The van der Waals surface area contributed by atoms with Crippen LogP contribution in [0.4, 0.5) is 0 Å². The van der Waals surface area contributed by atoms with E-state index in [0.717, 1.165) is 12.8 Å². The maximum absolute atomic E-state index is 5.11. The molecule has 0 fully saturated rings. The van der Waals surface area contributed by atoms with E-state index in [0.29, 0.717) is 0 Å². The van der Waals surface area contributed by atoms with Crippen molar-refractivity contribution in [1.29, 1.82) is 0 Å². The first kappa shape index (κ1) is 10.1. The maximum atomic E-state index is 5.11. The minimum Gasteiger partial charge on any atom is -0.120 e. The third-order valence-electron chi connectivity index (χ3n) is 1.64. The van der Waals surface area contributed by atoms with Gasteiger partial charge in [0, 0.05) is 12.8 Å². The van der Waals surface area contributed by atoms with Crippen LogP contribution in [0.2, 0.25) is 0 Å². The van der Waals surface area contributed by atoms with E-state index in [9.17, 15) is 0 Å². The van der Waals surface area contributed by atoms with Crippen LogP contribution in [0.3, 0.4) is 0 Å². The van der Waals surface area contributed by atoms with Crippen LogP contribution in [0.15, 0.2) is 0 Å². The van der Waals surface area contributed by atoms with Gasteiger partial charge in [-0.3, -0.25) is 0 Å². The summed E-state index contributed by atoms with van der Waals surface area (Å²) in [5, 5.41) is 0. The van der Waals surface area contributed by atoms with Gasteiger partial charge in [0.1, 0.15) is 0 Å². The Kier molecular flexibility index (Phi) is 8.39. The predicted octanol–water partition coefficient (Wildman–Crippen LogP) is 2.98. The Balaban J connectivity index is 2.82. The van der Waals surface area contributed by atoms with Gasteiger partial charge in [0.25, 0.3) is 0 Å². The highest BCUT2D eigenvalue weighted by Crippen LogP contribution is 2.05. The minimum atomic E-state index is 0.926. The summed E-state index contributed by atoms with van der Waals surface area (Å²) in [6.45, 7) is 0. The van der Waals surface area contributed by atoms with Crippen molar-refractivity contribution in [3.63, 3.8) is 0 Å². The molecule has 0 nitrogen and oxygen atoms in total. The van der Waals surface area contributed by atoms with Gasteiger partial charge < -0.3 is 0 Å². The van der Waals surface area contributed by atoms with Crippen molar-refractivity contribution in [1.82, 2.24) is 0 Å². The van der Waals surface area contributed by atoms with Crippen molar-refractivity contribution in [2.24, 2.45) is 0 Å². The third-order valence-corrected chi connectivity index (χ3v) is 1.64. The molecule has 0 spiro atoms. The van der Waals surface area contributed by atoms with Crippen molar-refractivity contribution in [3.8, 4) is 24.7 Å². The highest BCUT2D eigenvalue weighted by atomic mass is 13.9. The highest BCUT2D eigenvalue weighted by Gasteiger charge is 1.87. The van der Waals surface area contributed by atoms with Gasteiger partial charge in [-0.25, -0.2) is 0 Å². The van der Waals surface area contributed by atoms with E-state index in [2.05, 4.69) is 11.8 Å². The zero-order chi connectivity index (χ0) is 8.36. The molecule has 0 radical (unpaired) electrons. The number of terminal acetylenes is 2. The van der Waals surface area contributed by atoms with Crippen LogP contribution in [0.25, 0.3) is 0 Å². The highest BCUT2D eigenvalue weighted by molar-refractivity contribution is 4.83. The summed E-state index contributed by atoms with van der Waals surface area (Å²) in [6.07, 6.45) is 18.2. The Bertz CT molecular complexity index is 124. The average Bonchev–Trinajstić information content (AvgIpc) is 2.03. The lowest BCUT2D eigenvalue weighted by atomic mass is 10.1. The zero-order valence-corrected chi connectivity index (χ0v) is 7.10. The second kappa shape index (κ2) is 9.12. The molecule has 0 aromatic rings. The first-order valence-corrected chi connectivity index (χ1v) is 4.28. The smallest absolute Gasteiger partial charge is 0.00860 e. The molecule has 0 saturated heterocycles. The number of hydrogen-bond acceptors (Lipinski definition) is 0. The van der Waals surface area contributed by atoms with Gasteiger partial charge in [-0.05, 0) is 12.8 Å². The molecule has 0 heteroatoms. The summed E-state index contributed by atoms with van der Waals surface area (Å²) in [5.41, 5.74) is 0. The Morgan fingerprint density at radius 1 is 0.636 bits per heavy atom. The number of unbranched alkanes of at least 4 members (excludes halogenated alkanes) is 6. The summed E-state index contributed by atoms with van der Waals surface area (Å²) < 4.78 is 0. The number of hydrogen-bond donors (Lipinski definition) is 0. The maximum Gasteiger partial charge on any atom is 0.00860 e. The molecular formula is C11H16. The molecule has 0 bridgehead atoms. The van der Waals surface area contributed by atoms with Crippen molar-refractivity contribution in [2.45, 2.75) is 44.9 Å². The molecule has 0 aliphatic heterocycles. The zero-order valence-electron chi connectivity index (χ0n) is 7.10. The summed E-state index contributed by atoms with van der Waals surface area (Å²) in [4.78, 5) is 0. The minimum absolute atomic E-state index is 0.926. The van der Waals surface area contributed by atoms with Crippen LogP contribution < -0.4 is 0 Å². The van der Waals surface area contributed by atoms with Crippen molar-refractivity contribution >= 4 is 0 Å². The Hall–Kier alpha value is -0.880. The average molecular weight is 148 g/mol. The molecule has 0 amide bonds. The third kappa shape index (κ3) is 9.12. The first-order chi connectivity index (χ1) is 5.41. The molecule has 0 aliphatic rings. The van der Waals surface area contributed by atoms with Gasteiger partial charge in [0.15, 0.2) is 0 Å². The standard InChI is InChI=1S/C11H16/c1-3-5-7-9-11-10-8-6-4-2/h1-2H,5-11H2. The topological polar surface area (TPSA) is 0 Å². The fourth-order valence-corrected chi connectivity index (χ4v) is 0.984. The molecule has 0 heterocycles.